The summed E-state index contributed by atoms with van der Waals surface area (Å²) in [6, 6.07) is 0.701. The van der Waals surface area contributed by atoms with Crippen LogP contribution in [0.25, 0.3) is 0 Å². The van der Waals surface area contributed by atoms with Gasteiger partial charge in [-0.1, -0.05) is 32.6 Å². The lowest BCUT2D eigenvalue weighted by molar-refractivity contribution is 0.416. The van der Waals surface area contributed by atoms with Gasteiger partial charge in [0, 0.05) is 11.8 Å². The van der Waals surface area contributed by atoms with Gasteiger partial charge in [-0.3, -0.25) is 4.99 Å². The van der Waals surface area contributed by atoms with E-state index in [4.69, 9.17) is 4.99 Å². The van der Waals surface area contributed by atoms with Gasteiger partial charge >= 0.3 is 0 Å². The second-order valence-corrected chi connectivity index (χ2v) is 5.34. The monoisotopic (exact) mass is 207 g/mol. The molecule has 0 aromatic carbocycles. The quantitative estimate of drug-likeness (QED) is 0.638. The molecule has 2 aliphatic carbocycles. The normalized spacial score (nSPS) is 29.1. The summed E-state index contributed by atoms with van der Waals surface area (Å²) in [4.78, 5) is 4.98. The second kappa shape index (κ2) is 5.67. The van der Waals surface area contributed by atoms with Gasteiger partial charge in [-0.15, -0.1) is 0 Å². The average Bonchev–Trinajstić information content (AvgIpc) is 2.31. The summed E-state index contributed by atoms with van der Waals surface area (Å²) in [6.45, 7) is 2.33. The number of nitrogens with zero attached hydrogens (tertiary/aromatic N) is 1. The number of aliphatic imine (C=N–C) groups is 1. The molecule has 2 fully saturated rings. The van der Waals surface area contributed by atoms with E-state index in [2.05, 4.69) is 6.92 Å². The molecule has 2 aliphatic rings. The lowest BCUT2D eigenvalue weighted by atomic mass is 9.86. The van der Waals surface area contributed by atoms with Crippen molar-refractivity contribution in [2.45, 2.75) is 77.2 Å². The van der Waals surface area contributed by atoms with Gasteiger partial charge in [-0.2, -0.15) is 0 Å². The molecule has 0 aromatic rings. The van der Waals surface area contributed by atoms with Crippen LogP contribution in [0.15, 0.2) is 4.99 Å². The van der Waals surface area contributed by atoms with Crippen LogP contribution in [0, 0.1) is 5.92 Å². The predicted molar refractivity (Wildman–Crippen MR) is 66.6 cm³/mol. The second-order valence-electron chi connectivity index (χ2n) is 5.34. The van der Waals surface area contributed by atoms with Gasteiger partial charge < -0.3 is 0 Å². The molecule has 0 aromatic heterocycles. The van der Waals surface area contributed by atoms with Gasteiger partial charge in [-0.25, -0.2) is 0 Å². The highest BCUT2D eigenvalue weighted by atomic mass is 14.8. The lowest BCUT2D eigenvalue weighted by Gasteiger charge is -2.24. The van der Waals surface area contributed by atoms with E-state index in [1.165, 1.54) is 64.2 Å². The maximum atomic E-state index is 4.98. The molecule has 0 N–H and O–H groups in total. The van der Waals surface area contributed by atoms with Crippen LogP contribution in [0.2, 0.25) is 0 Å². The van der Waals surface area contributed by atoms with Crippen LogP contribution in [0.5, 0.6) is 0 Å². The molecule has 0 bridgehead atoms. The van der Waals surface area contributed by atoms with Crippen molar-refractivity contribution in [3.63, 3.8) is 0 Å². The number of hydrogen-bond acceptors (Lipinski definition) is 1. The Bertz CT molecular complexity index is 203. The van der Waals surface area contributed by atoms with Gasteiger partial charge in [-0.05, 0) is 44.4 Å². The van der Waals surface area contributed by atoms with Crippen LogP contribution in [0.4, 0.5) is 0 Å². The zero-order valence-electron chi connectivity index (χ0n) is 10.2. The van der Waals surface area contributed by atoms with E-state index in [9.17, 15) is 0 Å². The smallest absolute Gasteiger partial charge is 0.0499 e. The molecule has 15 heavy (non-hydrogen) atoms. The maximum Gasteiger partial charge on any atom is 0.0499 e. The van der Waals surface area contributed by atoms with Crippen molar-refractivity contribution < 1.29 is 0 Å². The average molecular weight is 207 g/mol. The van der Waals surface area contributed by atoms with E-state index in [-0.39, 0.29) is 0 Å². The fourth-order valence-corrected chi connectivity index (χ4v) is 3.02. The number of rotatable bonds is 2. The fraction of sp³-hybridized carbons (Fsp3) is 0.929. The molecule has 1 nitrogen and oxygen atoms in total. The van der Waals surface area contributed by atoms with Crippen LogP contribution < -0.4 is 0 Å². The van der Waals surface area contributed by atoms with Crippen molar-refractivity contribution in [2.24, 2.45) is 10.9 Å². The lowest BCUT2D eigenvalue weighted by Crippen LogP contribution is -2.18. The maximum absolute atomic E-state index is 4.98. The molecule has 0 saturated heterocycles. The molecule has 1 heteroatoms. The molecule has 0 spiro atoms. The molecular weight excluding hydrogens is 182 g/mol. The zero-order chi connectivity index (χ0) is 10.5. The Balaban J connectivity index is 1.80. The molecule has 0 unspecified atom stereocenters. The van der Waals surface area contributed by atoms with Crippen molar-refractivity contribution in [3.05, 3.63) is 0 Å². The van der Waals surface area contributed by atoms with Crippen molar-refractivity contribution in [2.75, 3.05) is 0 Å². The van der Waals surface area contributed by atoms with Crippen molar-refractivity contribution >= 4 is 5.71 Å². The van der Waals surface area contributed by atoms with Crippen molar-refractivity contribution in [1.29, 1.82) is 0 Å². The Kier molecular flexibility index (Phi) is 4.22. The summed E-state index contributed by atoms with van der Waals surface area (Å²) < 4.78 is 0. The van der Waals surface area contributed by atoms with E-state index in [0.717, 1.165) is 5.92 Å². The Morgan fingerprint density at radius 3 is 2.27 bits per heavy atom. The van der Waals surface area contributed by atoms with Crippen molar-refractivity contribution in [3.8, 4) is 0 Å². The van der Waals surface area contributed by atoms with E-state index in [1.807, 2.05) is 0 Å². The van der Waals surface area contributed by atoms with E-state index in [0.29, 0.717) is 6.04 Å². The minimum atomic E-state index is 0.701. The molecule has 0 heterocycles. The van der Waals surface area contributed by atoms with Gasteiger partial charge in [0.05, 0.1) is 0 Å². The third-order valence-electron chi connectivity index (χ3n) is 4.20. The van der Waals surface area contributed by atoms with Crippen LogP contribution in [-0.4, -0.2) is 11.8 Å². The van der Waals surface area contributed by atoms with E-state index < -0.39 is 0 Å². The molecule has 0 atom stereocenters. The number of hydrogen-bond donors (Lipinski definition) is 0. The Morgan fingerprint density at radius 2 is 1.67 bits per heavy atom. The highest BCUT2D eigenvalue weighted by molar-refractivity contribution is 5.85. The van der Waals surface area contributed by atoms with Crippen LogP contribution >= 0.6 is 0 Å². The summed E-state index contributed by atoms with van der Waals surface area (Å²) >= 11 is 0. The van der Waals surface area contributed by atoms with Gasteiger partial charge in [0.25, 0.3) is 0 Å². The first-order chi connectivity index (χ1) is 7.38. The van der Waals surface area contributed by atoms with Crippen LogP contribution in [0.1, 0.15) is 71.1 Å². The topological polar surface area (TPSA) is 12.4 Å². The van der Waals surface area contributed by atoms with Gasteiger partial charge in [0.1, 0.15) is 0 Å². The van der Waals surface area contributed by atoms with Crippen LogP contribution in [-0.2, 0) is 0 Å². The van der Waals surface area contributed by atoms with Crippen LogP contribution in [0.3, 0.4) is 0 Å². The first kappa shape index (κ1) is 11.2. The Labute approximate surface area is 94.4 Å². The SMILES string of the molecule is CCC1CCC(=NC2CCCCC2)CC1. The Hall–Kier alpha value is -0.330. The summed E-state index contributed by atoms with van der Waals surface area (Å²) in [5, 5.41) is 0. The first-order valence-corrected chi connectivity index (χ1v) is 6.94. The third kappa shape index (κ3) is 3.32. The zero-order valence-corrected chi connectivity index (χ0v) is 10.2. The minimum Gasteiger partial charge on any atom is -0.291 e. The first-order valence-electron chi connectivity index (χ1n) is 6.94. The highest BCUT2D eigenvalue weighted by Crippen LogP contribution is 2.27. The van der Waals surface area contributed by atoms with E-state index in [1.54, 1.807) is 5.71 Å². The largest absolute Gasteiger partial charge is 0.291 e. The Morgan fingerprint density at radius 1 is 1.00 bits per heavy atom. The summed E-state index contributed by atoms with van der Waals surface area (Å²) in [6.07, 6.45) is 13.8. The predicted octanol–water partition coefficient (Wildman–Crippen LogP) is 4.36. The summed E-state index contributed by atoms with van der Waals surface area (Å²) in [5.74, 6) is 0.996. The standard InChI is InChI=1S/C14H25N/c1-2-12-8-10-14(11-9-12)15-13-6-4-3-5-7-13/h12-13H,2-11H2,1H3. The summed E-state index contributed by atoms with van der Waals surface area (Å²) in [7, 11) is 0. The highest BCUT2D eigenvalue weighted by Gasteiger charge is 2.18. The van der Waals surface area contributed by atoms with Gasteiger partial charge in [0.2, 0.25) is 0 Å². The fourth-order valence-electron chi connectivity index (χ4n) is 3.02. The minimum absolute atomic E-state index is 0.701. The molecule has 86 valence electrons. The van der Waals surface area contributed by atoms with E-state index >= 15 is 0 Å². The van der Waals surface area contributed by atoms with Crippen molar-refractivity contribution in [1.82, 2.24) is 0 Å². The molecule has 0 radical (unpaired) electrons. The summed E-state index contributed by atoms with van der Waals surface area (Å²) in [5.41, 5.74) is 1.55. The molecular formula is C14H25N. The molecule has 2 rings (SSSR count). The van der Waals surface area contributed by atoms with Gasteiger partial charge in [0.15, 0.2) is 0 Å². The molecule has 2 saturated carbocycles. The third-order valence-corrected chi connectivity index (χ3v) is 4.20. The molecule has 0 aliphatic heterocycles. The molecule has 0 amide bonds.